The standard InChI is InChI=1S/C21H19FN2O3S2/c1-13-18(29-20(23-13)15-7-9-16(22)10-8-15)19(25)24-17(21(26)27)12-28-11-14-5-3-2-4-6-14/h2-10,17H,11-12H2,1H3,(H,24,25)(H,26,27)/t17-/m0/s1. The molecule has 0 aliphatic rings. The Morgan fingerprint density at radius 3 is 2.52 bits per heavy atom. The second kappa shape index (κ2) is 9.67. The molecule has 3 rings (SSSR count). The lowest BCUT2D eigenvalue weighted by atomic mass is 10.2. The predicted octanol–water partition coefficient (Wildman–Crippen LogP) is 4.37. The first-order chi connectivity index (χ1) is 13.9. The number of hydrogen-bond donors (Lipinski definition) is 2. The predicted molar refractivity (Wildman–Crippen MR) is 114 cm³/mol. The van der Waals surface area contributed by atoms with Crippen molar-refractivity contribution in [3.05, 3.63) is 76.5 Å². The highest BCUT2D eigenvalue weighted by molar-refractivity contribution is 7.98. The number of halogens is 1. The van der Waals surface area contributed by atoms with Crippen LogP contribution in [-0.4, -0.2) is 33.8 Å². The minimum Gasteiger partial charge on any atom is -0.480 e. The number of amides is 1. The quantitative estimate of drug-likeness (QED) is 0.555. The minimum absolute atomic E-state index is 0.249. The average Bonchev–Trinajstić information content (AvgIpc) is 3.10. The van der Waals surface area contributed by atoms with Crippen molar-refractivity contribution in [3.8, 4) is 10.6 Å². The summed E-state index contributed by atoms with van der Waals surface area (Å²) in [6, 6.07) is 14.6. The molecule has 0 aliphatic carbocycles. The minimum atomic E-state index is -1.08. The van der Waals surface area contributed by atoms with Gasteiger partial charge in [-0.05, 0) is 36.8 Å². The number of benzene rings is 2. The molecule has 0 radical (unpaired) electrons. The molecule has 8 heteroatoms. The van der Waals surface area contributed by atoms with Crippen LogP contribution in [0, 0.1) is 12.7 Å². The van der Waals surface area contributed by atoms with Crippen molar-refractivity contribution in [3.63, 3.8) is 0 Å². The van der Waals surface area contributed by atoms with Crippen LogP contribution in [0.25, 0.3) is 10.6 Å². The summed E-state index contributed by atoms with van der Waals surface area (Å²) in [6.45, 7) is 1.69. The summed E-state index contributed by atoms with van der Waals surface area (Å²) in [7, 11) is 0. The van der Waals surface area contributed by atoms with Crippen LogP contribution in [0.15, 0.2) is 54.6 Å². The van der Waals surface area contributed by atoms with E-state index in [-0.39, 0.29) is 11.6 Å². The van der Waals surface area contributed by atoms with E-state index in [0.717, 1.165) is 16.9 Å². The molecule has 150 valence electrons. The van der Waals surface area contributed by atoms with Crippen molar-refractivity contribution in [1.82, 2.24) is 10.3 Å². The second-order valence-electron chi connectivity index (χ2n) is 6.31. The second-order valence-corrected chi connectivity index (χ2v) is 8.33. The molecule has 0 saturated heterocycles. The Morgan fingerprint density at radius 2 is 1.86 bits per heavy atom. The van der Waals surface area contributed by atoms with E-state index < -0.39 is 17.9 Å². The number of aryl methyl sites for hydroxylation is 1. The van der Waals surface area contributed by atoms with Crippen LogP contribution in [-0.2, 0) is 10.5 Å². The number of carbonyl (C=O) groups excluding carboxylic acids is 1. The van der Waals surface area contributed by atoms with Gasteiger partial charge in [-0.15, -0.1) is 11.3 Å². The van der Waals surface area contributed by atoms with E-state index >= 15 is 0 Å². The number of thiazole rings is 1. The molecule has 0 unspecified atom stereocenters. The molecule has 1 heterocycles. The summed E-state index contributed by atoms with van der Waals surface area (Å²) in [5, 5.41) is 12.6. The van der Waals surface area contributed by atoms with Gasteiger partial charge in [0.05, 0.1) is 5.69 Å². The third-order valence-corrected chi connectivity index (χ3v) is 6.41. The summed E-state index contributed by atoms with van der Waals surface area (Å²) in [5.74, 6) is -0.994. The highest BCUT2D eigenvalue weighted by atomic mass is 32.2. The maximum absolute atomic E-state index is 13.1. The number of carboxylic acid groups (broad SMARTS) is 1. The summed E-state index contributed by atoms with van der Waals surface area (Å²) in [4.78, 5) is 28.9. The molecule has 1 amide bonds. The number of aromatic nitrogens is 1. The first-order valence-electron chi connectivity index (χ1n) is 8.82. The molecule has 2 N–H and O–H groups in total. The van der Waals surface area contributed by atoms with Gasteiger partial charge < -0.3 is 10.4 Å². The van der Waals surface area contributed by atoms with Crippen LogP contribution >= 0.6 is 23.1 Å². The summed E-state index contributed by atoms with van der Waals surface area (Å²) < 4.78 is 13.1. The molecule has 0 saturated carbocycles. The number of hydrogen-bond acceptors (Lipinski definition) is 5. The fraction of sp³-hybridized carbons (Fsp3) is 0.190. The van der Waals surface area contributed by atoms with E-state index in [1.807, 2.05) is 30.3 Å². The van der Waals surface area contributed by atoms with Gasteiger partial charge in [0.25, 0.3) is 5.91 Å². The van der Waals surface area contributed by atoms with E-state index in [1.165, 1.54) is 23.9 Å². The first kappa shape index (κ1) is 21.0. The van der Waals surface area contributed by atoms with Gasteiger partial charge in [0.15, 0.2) is 0 Å². The lowest BCUT2D eigenvalue weighted by Crippen LogP contribution is -2.42. The molecule has 0 bridgehead atoms. The molecule has 0 spiro atoms. The molecular weight excluding hydrogens is 411 g/mol. The number of nitrogens with one attached hydrogen (secondary N) is 1. The molecule has 5 nitrogen and oxygen atoms in total. The maximum Gasteiger partial charge on any atom is 0.327 e. The molecule has 29 heavy (non-hydrogen) atoms. The molecule has 3 aromatic rings. The van der Waals surface area contributed by atoms with Crippen LogP contribution in [0.4, 0.5) is 4.39 Å². The zero-order valence-electron chi connectivity index (χ0n) is 15.6. The lowest BCUT2D eigenvalue weighted by Gasteiger charge is -2.14. The van der Waals surface area contributed by atoms with E-state index in [4.69, 9.17) is 0 Å². The Labute approximate surface area is 176 Å². The molecular formula is C21H19FN2O3S2. The number of nitrogens with zero attached hydrogens (tertiary/aromatic N) is 1. The highest BCUT2D eigenvalue weighted by Crippen LogP contribution is 2.28. The third-order valence-electron chi connectivity index (χ3n) is 4.09. The number of thioether (sulfide) groups is 1. The topological polar surface area (TPSA) is 79.3 Å². The van der Waals surface area contributed by atoms with Gasteiger partial charge in [0.2, 0.25) is 0 Å². The Balaban J connectivity index is 1.65. The molecule has 0 fully saturated rings. The monoisotopic (exact) mass is 430 g/mol. The molecule has 1 atom stereocenters. The zero-order chi connectivity index (χ0) is 20.8. The van der Waals surface area contributed by atoms with Crippen molar-refractivity contribution in [2.45, 2.75) is 18.7 Å². The van der Waals surface area contributed by atoms with Gasteiger partial charge in [-0.1, -0.05) is 30.3 Å². The Morgan fingerprint density at radius 1 is 1.17 bits per heavy atom. The SMILES string of the molecule is Cc1nc(-c2ccc(F)cc2)sc1C(=O)N[C@@H](CSCc1ccccc1)C(=O)O. The largest absolute Gasteiger partial charge is 0.480 e. The van der Waals surface area contributed by atoms with Crippen molar-refractivity contribution in [2.75, 3.05) is 5.75 Å². The number of carboxylic acids is 1. The van der Waals surface area contributed by atoms with Crippen LogP contribution in [0.3, 0.4) is 0 Å². The van der Waals surface area contributed by atoms with E-state index in [9.17, 15) is 19.1 Å². The highest BCUT2D eigenvalue weighted by Gasteiger charge is 2.23. The van der Waals surface area contributed by atoms with Gasteiger partial charge in [-0.2, -0.15) is 11.8 Å². The van der Waals surface area contributed by atoms with Crippen molar-refractivity contribution in [1.29, 1.82) is 0 Å². The first-order valence-corrected chi connectivity index (χ1v) is 10.8. The van der Waals surface area contributed by atoms with Gasteiger partial charge in [0.1, 0.15) is 21.7 Å². The van der Waals surface area contributed by atoms with Gasteiger partial charge in [-0.3, -0.25) is 4.79 Å². The normalized spacial score (nSPS) is 11.8. The smallest absolute Gasteiger partial charge is 0.327 e. The zero-order valence-corrected chi connectivity index (χ0v) is 17.2. The fourth-order valence-electron chi connectivity index (χ4n) is 2.59. The average molecular weight is 431 g/mol. The van der Waals surface area contributed by atoms with Gasteiger partial charge in [-0.25, -0.2) is 14.2 Å². The summed E-state index contributed by atoms with van der Waals surface area (Å²) >= 11 is 2.60. The third kappa shape index (κ3) is 5.65. The maximum atomic E-state index is 13.1. The van der Waals surface area contributed by atoms with Gasteiger partial charge in [0, 0.05) is 17.1 Å². The van der Waals surface area contributed by atoms with Gasteiger partial charge >= 0.3 is 5.97 Å². The summed E-state index contributed by atoms with van der Waals surface area (Å²) in [5.41, 5.74) is 2.30. The van der Waals surface area contributed by atoms with Crippen LogP contribution in [0.2, 0.25) is 0 Å². The molecule has 1 aromatic heterocycles. The summed E-state index contributed by atoms with van der Waals surface area (Å²) in [6.07, 6.45) is 0. The fourth-order valence-corrected chi connectivity index (χ4v) is 4.57. The van der Waals surface area contributed by atoms with E-state index in [2.05, 4.69) is 10.3 Å². The Kier molecular flexibility index (Phi) is 7.00. The van der Waals surface area contributed by atoms with E-state index in [0.29, 0.717) is 26.9 Å². The van der Waals surface area contributed by atoms with Crippen molar-refractivity contribution >= 4 is 35.0 Å². The lowest BCUT2D eigenvalue weighted by molar-refractivity contribution is -0.138. The Hall–Kier alpha value is -2.71. The number of rotatable bonds is 8. The molecule has 2 aromatic carbocycles. The van der Waals surface area contributed by atoms with Crippen LogP contribution in [0.1, 0.15) is 20.9 Å². The number of carbonyl (C=O) groups is 2. The molecule has 0 aliphatic heterocycles. The number of aliphatic carboxylic acids is 1. The van der Waals surface area contributed by atoms with Crippen molar-refractivity contribution < 1.29 is 19.1 Å². The van der Waals surface area contributed by atoms with Crippen molar-refractivity contribution in [2.24, 2.45) is 0 Å². The van der Waals surface area contributed by atoms with Crippen LogP contribution < -0.4 is 5.32 Å². The Bertz CT molecular complexity index is 991. The van der Waals surface area contributed by atoms with Crippen LogP contribution in [0.5, 0.6) is 0 Å². The van der Waals surface area contributed by atoms with E-state index in [1.54, 1.807) is 19.1 Å².